The lowest BCUT2D eigenvalue weighted by molar-refractivity contribution is 0.479. The zero-order valence-electron chi connectivity index (χ0n) is 15.1. The van der Waals surface area contributed by atoms with E-state index in [9.17, 15) is 8.78 Å². The number of ether oxygens (including phenoxy) is 1. The molecular formula is C24H19ClF2O. The van der Waals surface area contributed by atoms with Gasteiger partial charge in [0.15, 0.2) is 0 Å². The zero-order chi connectivity index (χ0) is 19.9. The van der Waals surface area contributed by atoms with Gasteiger partial charge in [0.25, 0.3) is 0 Å². The Balaban J connectivity index is 1.78. The molecular weight excluding hydrogens is 378 g/mol. The third kappa shape index (κ3) is 5.08. The van der Waals surface area contributed by atoms with Gasteiger partial charge < -0.3 is 4.74 Å². The summed E-state index contributed by atoms with van der Waals surface area (Å²) in [5, 5.41) is 0.534. The van der Waals surface area contributed by atoms with Gasteiger partial charge in [-0.1, -0.05) is 60.1 Å². The molecule has 0 bridgehead atoms. The molecule has 142 valence electrons. The van der Waals surface area contributed by atoms with Crippen LogP contribution in [0.3, 0.4) is 0 Å². The van der Waals surface area contributed by atoms with Crippen molar-refractivity contribution < 1.29 is 13.5 Å². The number of rotatable bonds is 7. The van der Waals surface area contributed by atoms with Crippen molar-refractivity contribution in [2.45, 2.75) is 12.3 Å². The summed E-state index contributed by atoms with van der Waals surface area (Å²) in [6, 6.07) is 22.8. The Morgan fingerprint density at radius 2 is 1.61 bits per heavy atom. The molecule has 0 N–H and O–H groups in total. The topological polar surface area (TPSA) is 9.23 Å². The van der Waals surface area contributed by atoms with Crippen LogP contribution >= 0.6 is 11.6 Å². The van der Waals surface area contributed by atoms with Crippen molar-refractivity contribution in [2.75, 3.05) is 0 Å². The van der Waals surface area contributed by atoms with E-state index in [2.05, 4.69) is 6.58 Å². The van der Waals surface area contributed by atoms with Gasteiger partial charge in [0.05, 0.1) is 5.92 Å². The first kappa shape index (κ1) is 19.8. The van der Waals surface area contributed by atoms with Crippen LogP contribution in [-0.4, -0.2) is 0 Å². The molecule has 0 aliphatic heterocycles. The van der Waals surface area contributed by atoms with Gasteiger partial charge in [0, 0.05) is 11.4 Å². The van der Waals surface area contributed by atoms with Crippen LogP contribution in [0, 0.1) is 0 Å². The SMILES string of the molecule is C=CC(/C(F)=C(\F)Cc1cccc(Oc2ccccc2)c1)c1ccc(Cl)cc1. The van der Waals surface area contributed by atoms with Crippen molar-refractivity contribution >= 4 is 11.6 Å². The van der Waals surface area contributed by atoms with E-state index < -0.39 is 17.6 Å². The van der Waals surface area contributed by atoms with Crippen LogP contribution in [0.1, 0.15) is 17.0 Å². The number of halogens is 3. The molecule has 3 aromatic rings. The molecule has 0 aromatic heterocycles. The predicted molar refractivity (Wildman–Crippen MR) is 110 cm³/mol. The summed E-state index contributed by atoms with van der Waals surface area (Å²) in [6.45, 7) is 3.64. The maximum atomic E-state index is 14.7. The van der Waals surface area contributed by atoms with Crippen LogP contribution in [0.2, 0.25) is 5.02 Å². The Labute approximate surface area is 168 Å². The molecule has 0 aliphatic carbocycles. The largest absolute Gasteiger partial charge is 0.457 e. The zero-order valence-corrected chi connectivity index (χ0v) is 15.9. The highest BCUT2D eigenvalue weighted by molar-refractivity contribution is 6.30. The number of para-hydroxylation sites is 1. The molecule has 0 saturated heterocycles. The van der Waals surface area contributed by atoms with Gasteiger partial charge in [-0.2, -0.15) is 0 Å². The van der Waals surface area contributed by atoms with Crippen LogP contribution in [0.15, 0.2) is 103 Å². The van der Waals surface area contributed by atoms with Crippen molar-refractivity contribution in [1.82, 2.24) is 0 Å². The molecule has 0 fully saturated rings. The maximum absolute atomic E-state index is 14.7. The highest BCUT2D eigenvalue weighted by atomic mass is 35.5. The van der Waals surface area contributed by atoms with Crippen molar-refractivity contribution in [2.24, 2.45) is 0 Å². The Morgan fingerprint density at radius 1 is 0.929 bits per heavy atom. The van der Waals surface area contributed by atoms with Crippen molar-refractivity contribution in [1.29, 1.82) is 0 Å². The van der Waals surface area contributed by atoms with E-state index in [1.54, 1.807) is 48.5 Å². The molecule has 0 spiro atoms. The van der Waals surface area contributed by atoms with E-state index in [1.807, 2.05) is 30.3 Å². The van der Waals surface area contributed by atoms with Crippen LogP contribution in [0.25, 0.3) is 0 Å². The third-order valence-electron chi connectivity index (χ3n) is 4.23. The van der Waals surface area contributed by atoms with Crippen LogP contribution < -0.4 is 4.74 Å². The molecule has 0 radical (unpaired) electrons. The molecule has 0 saturated carbocycles. The minimum atomic E-state index is -0.860. The minimum absolute atomic E-state index is 0.171. The van der Waals surface area contributed by atoms with E-state index in [1.165, 1.54) is 6.08 Å². The van der Waals surface area contributed by atoms with Gasteiger partial charge in [-0.3, -0.25) is 0 Å². The van der Waals surface area contributed by atoms with E-state index in [0.29, 0.717) is 27.6 Å². The normalized spacial score (nSPS) is 12.8. The molecule has 3 rings (SSSR count). The van der Waals surface area contributed by atoms with E-state index in [0.717, 1.165) is 0 Å². The fourth-order valence-electron chi connectivity index (χ4n) is 2.83. The summed E-state index contributed by atoms with van der Waals surface area (Å²) < 4.78 is 35.1. The van der Waals surface area contributed by atoms with Gasteiger partial charge in [-0.15, -0.1) is 6.58 Å². The fraction of sp³-hybridized carbons (Fsp3) is 0.0833. The Kier molecular flexibility index (Phi) is 6.62. The first-order chi connectivity index (χ1) is 13.6. The Hall–Kier alpha value is -2.91. The van der Waals surface area contributed by atoms with E-state index in [-0.39, 0.29) is 6.42 Å². The number of benzene rings is 3. The van der Waals surface area contributed by atoms with Crippen LogP contribution in [-0.2, 0) is 6.42 Å². The van der Waals surface area contributed by atoms with Crippen molar-refractivity contribution in [3.8, 4) is 11.5 Å². The summed E-state index contributed by atoms with van der Waals surface area (Å²) in [7, 11) is 0. The minimum Gasteiger partial charge on any atom is -0.457 e. The summed E-state index contributed by atoms with van der Waals surface area (Å²) in [6.07, 6.45) is 1.21. The standard InChI is InChI=1S/C24H19ClF2O/c1-2-22(18-11-13-19(25)14-12-18)24(27)23(26)16-17-7-6-10-21(15-17)28-20-8-4-3-5-9-20/h2-15,22H,1,16H2/b24-23+. The quantitative estimate of drug-likeness (QED) is 0.370. The number of hydrogen-bond acceptors (Lipinski definition) is 1. The Morgan fingerprint density at radius 3 is 2.29 bits per heavy atom. The second kappa shape index (κ2) is 9.34. The maximum Gasteiger partial charge on any atom is 0.143 e. The first-order valence-electron chi connectivity index (χ1n) is 8.80. The molecule has 1 nitrogen and oxygen atoms in total. The third-order valence-corrected chi connectivity index (χ3v) is 4.49. The van der Waals surface area contributed by atoms with Gasteiger partial charge in [0.2, 0.25) is 0 Å². The molecule has 0 heterocycles. The molecule has 4 heteroatoms. The van der Waals surface area contributed by atoms with Gasteiger partial charge in [-0.05, 0) is 47.5 Å². The van der Waals surface area contributed by atoms with E-state index >= 15 is 0 Å². The summed E-state index contributed by atoms with van der Waals surface area (Å²) >= 11 is 5.86. The summed E-state index contributed by atoms with van der Waals surface area (Å²) in [4.78, 5) is 0. The second-order valence-electron chi connectivity index (χ2n) is 6.26. The number of allylic oxidation sites excluding steroid dienone is 3. The lowest BCUT2D eigenvalue weighted by Crippen LogP contribution is -2.00. The molecule has 0 aliphatic rings. The average Bonchev–Trinajstić information content (AvgIpc) is 2.71. The van der Waals surface area contributed by atoms with E-state index in [4.69, 9.17) is 16.3 Å². The molecule has 28 heavy (non-hydrogen) atoms. The smallest absolute Gasteiger partial charge is 0.143 e. The lowest BCUT2D eigenvalue weighted by atomic mass is 9.96. The first-order valence-corrected chi connectivity index (χ1v) is 9.18. The highest BCUT2D eigenvalue weighted by Crippen LogP contribution is 2.32. The predicted octanol–water partition coefficient (Wildman–Crippen LogP) is 7.80. The highest BCUT2D eigenvalue weighted by Gasteiger charge is 2.19. The average molecular weight is 397 g/mol. The molecule has 0 amide bonds. The molecule has 1 atom stereocenters. The van der Waals surface area contributed by atoms with Crippen LogP contribution in [0.4, 0.5) is 8.78 Å². The van der Waals surface area contributed by atoms with Crippen LogP contribution in [0.5, 0.6) is 11.5 Å². The molecule has 1 unspecified atom stereocenters. The molecule has 3 aromatic carbocycles. The Bertz CT molecular complexity index is 965. The van der Waals surface area contributed by atoms with Crippen molar-refractivity contribution in [3.05, 3.63) is 119 Å². The number of hydrogen-bond donors (Lipinski definition) is 0. The monoisotopic (exact) mass is 396 g/mol. The summed E-state index contributed by atoms with van der Waals surface area (Å²) in [5.41, 5.74) is 1.20. The summed E-state index contributed by atoms with van der Waals surface area (Å²) in [5.74, 6) is -1.31. The second-order valence-corrected chi connectivity index (χ2v) is 6.69. The van der Waals surface area contributed by atoms with Crippen molar-refractivity contribution in [3.63, 3.8) is 0 Å². The van der Waals surface area contributed by atoms with Gasteiger partial charge in [0.1, 0.15) is 23.2 Å². The fourth-order valence-corrected chi connectivity index (χ4v) is 2.96. The van der Waals surface area contributed by atoms with Gasteiger partial charge >= 0.3 is 0 Å². The van der Waals surface area contributed by atoms with Gasteiger partial charge in [-0.25, -0.2) is 8.78 Å². The lowest BCUT2D eigenvalue weighted by Gasteiger charge is -2.13.